The molecule has 1 aromatic carbocycles. The highest BCUT2D eigenvalue weighted by Crippen LogP contribution is 2.42. The maximum absolute atomic E-state index is 13.2. The summed E-state index contributed by atoms with van der Waals surface area (Å²) in [6, 6.07) is 9.40. The van der Waals surface area contributed by atoms with Crippen LogP contribution in [-0.4, -0.2) is 48.3 Å². The summed E-state index contributed by atoms with van der Waals surface area (Å²) in [6.07, 6.45) is 7.11. The van der Waals surface area contributed by atoms with Crippen LogP contribution in [0.3, 0.4) is 0 Å². The van der Waals surface area contributed by atoms with Gasteiger partial charge in [0.05, 0.1) is 20.1 Å². The van der Waals surface area contributed by atoms with Crippen LogP contribution in [0.25, 0.3) is 0 Å². The molecule has 1 N–H and O–H groups in total. The lowest BCUT2D eigenvalue weighted by Gasteiger charge is -2.33. The quantitative estimate of drug-likeness (QED) is 0.597. The van der Waals surface area contributed by atoms with Gasteiger partial charge in [-0.25, -0.2) is 4.79 Å². The number of ether oxygens (including phenoxy) is 1. The van der Waals surface area contributed by atoms with Crippen molar-refractivity contribution >= 4 is 5.97 Å². The van der Waals surface area contributed by atoms with Crippen molar-refractivity contribution in [2.45, 2.75) is 63.6 Å². The molecule has 1 aliphatic heterocycles. The standard InChI is InChI=1S/C22H34NO3/c1-3-4-15-23(2)16-14-20(17-23)26-21(24)22(25,19-12-8-9-13-19)18-10-6-5-7-11-18/h5-7,10-11,19-20,25H,3-4,8-9,12-17H2,1-2H3/q+1. The molecule has 4 nitrogen and oxygen atoms in total. The molecule has 1 heterocycles. The van der Waals surface area contributed by atoms with Crippen LogP contribution in [-0.2, 0) is 15.1 Å². The van der Waals surface area contributed by atoms with E-state index in [-0.39, 0.29) is 12.0 Å². The Hall–Kier alpha value is -1.39. The van der Waals surface area contributed by atoms with Crippen LogP contribution in [0.15, 0.2) is 30.3 Å². The fourth-order valence-electron chi connectivity index (χ4n) is 4.77. The van der Waals surface area contributed by atoms with Gasteiger partial charge in [0, 0.05) is 12.3 Å². The molecule has 0 radical (unpaired) electrons. The highest BCUT2D eigenvalue weighted by Gasteiger charge is 2.49. The molecule has 3 atom stereocenters. The zero-order chi connectivity index (χ0) is 18.6. The summed E-state index contributed by atoms with van der Waals surface area (Å²) in [5.41, 5.74) is -0.828. The van der Waals surface area contributed by atoms with E-state index in [9.17, 15) is 9.90 Å². The van der Waals surface area contributed by atoms with Gasteiger partial charge in [-0.15, -0.1) is 0 Å². The molecule has 1 aliphatic carbocycles. The molecule has 2 fully saturated rings. The van der Waals surface area contributed by atoms with Gasteiger partial charge in [-0.2, -0.15) is 0 Å². The third-order valence-electron chi connectivity index (χ3n) is 6.43. The molecule has 0 amide bonds. The summed E-state index contributed by atoms with van der Waals surface area (Å²) in [7, 11) is 2.25. The van der Waals surface area contributed by atoms with Crippen LogP contribution in [0.1, 0.15) is 57.4 Å². The SMILES string of the molecule is CCCC[N+]1(C)CCC(OC(=O)C(O)(c2ccccc2)C2CCCC2)C1. The number of rotatable bonds is 7. The predicted octanol–water partition coefficient (Wildman–Crippen LogP) is 3.63. The molecule has 2 aliphatic rings. The van der Waals surface area contributed by atoms with Crippen molar-refractivity contribution in [3.8, 4) is 0 Å². The zero-order valence-electron chi connectivity index (χ0n) is 16.3. The number of unbranched alkanes of at least 4 members (excludes halogenated alkanes) is 1. The van der Waals surface area contributed by atoms with Gasteiger partial charge in [-0.05, 0) is 24.8 Å². The number of carbonyl (C=O) groups is 1. The molecule has 1 saturated carbocycles. The van der Waals surface area contributed by atoms with Gasteiger partial charge in [0.2, 0.25) is 0 Å². The Balaban J connectivity index is 1.73. The average Bonchev–Trinajstić information content (AvgIpc) is 3.31. The third-order valence-corrected chi connectivity index (χ3v) is 6.43. The molecular weight excluding hydrogens is 326 g/mol. The second kappa shape index (κ2) is 8.10. The Morgan fingerprint density at radius 2 is 1.92 bits per heavy atom. The van der Waals surface area contributed by atoms with Gasteiger partial charge >= 0.3 is 5.97 Å². The van der Waals surface area contributed by atoms with Gasteiger partial charge in [0.15, 0.2) is 11.7 Å². The number of esters is 1. The first-order chi connectivity index (χ1) is 12.5. The minimum Gasteiger partial charge on any atom is -0.454 e. The predicted molar refractivity (Wildman–Crippen MR) is 102 cm³/mol. The smallest absolute Gasteiger partial charge is 0.343 e. The van der Waals surface area contributed by atoms with Crippen molar-refractivity contribution in [3.63, 3.8) is 0 Å². The molecule has 26 heavy (non-hydrogen) atoms. The van der Waals surface area contributed by atoms with Crippen LogP contribution in [0.4, 0.5) is 0 Å². The van der Waals surface area contributed by atoms with Crippen molar-refractivity contribution < 1.29 is 19.1 Å². The minimum atomic E-state index is -1.51. The maximum atomic E-state index is 13.2. The molecule has 1 aromatic rings. The average molecular weight is 361 g/mol. The normalized spacial score (nSPS) is 28.8. The maximum Gasteiger partial charge on any atom is 0.343 e. The molecule has 0 spiro atoms. The first-order valence-electron chi connectivity index (χ1n) is 10.3. The van der Waals surface area contributed by atoms with Gasteiger partial charge in [-0.1, -0.05) is 56.5 Å². The number of quaternary nitrogens is 1. The highest BCUT2D eigenvalue weighted by molar-refractivity contribution is 5.81. The second-order valence-corrected chi connectivity index (χ2v) is 8.53. The summed E-state index contributed by atoms with van der Waals surface area (Å²) in [5, 5.41) is 11.5. The van der Waals surface area contributed by atoms with E-state index in [1.54, 1.807) is 0 Å². The Labute approximate surface area is 157 Å². The summed E-state index contributed by atoms with van der Waals surface area (Å²) in [4.78, 5) is 13.2. The highest BCUT2D eigenvalue weighted by atomic mass is 16.6. The Morgan fingerprint density at radius 3 is 2.58 bits per heavy atom. The molecule has 3 rings (SSSR count). The van der Waals surface area contributed by atoms with Crippen molar-refractivity contribution in [2.75, 3.05) is 26.7 Å². The molecule has 144 valence electrons. The van der Waals surface area contributed by atoms with Gasteiger partial charge in [-0.3, -0.25) is 0 Å². The Morgan fingerprint density at radius 1 is 1.23 bits per heavy atom. The van der Waals surface area contributed by atoms with E-state index < -0.39 is 11.6 Å². The van der Waals surface area contributed by atoms with E-state index in [1.165, 1.54) is 12.8 Å². The third kappa shape index (κ3) is 3.96. The van der Waals surface area contributed by atoms with Gasteiger partial charge < -0.3 is 14.3 Å². The number of carbonyl (C=O) groups excluding carboxylic acids is 1. The number of likely N-dealkylation sites (N-methyl/N-ethyl adjacent to an activating group) is 1. The van der Waals surface area contributed by atoms with Crippen molar-refractivity contribution in [2.24, 2.45) is 5.92 Å². The van der Waals surface area contributed by atoms with E-state index in [0.29, 0.717) is 5.56 Å². The molecule has 3 unspecified atom stereocenters. The lowest BCUT2D eigenvalue weighted by atomic mass is 9.80. The topological polar surface area (TPSA) is 46.5 Å². The van der Waals surface area contributed by atoms with Crippen LogP contribution >= 0.6 is 0 Å². The van der Waals surface area contributed by atoms with E-state index in [2.05, 4.69) is 14.0 Å². The Kier molecular flexibility index (Phi) is 6.03. The summed E-state index contributed by atoms with van der Waals surface area (Å²) in [5.74, 6) is -0.482. The summed E-state index contributed by atoms with van der Waals surface area (Å²) >= 11 is 0. The minimum absolute atomic E-state index is 0.0419. The van der Waals surface area contributed by atoms with Crippen molar-refractivity contribution in [3.05, 3.63) is 35.9 Å². The zero-order valence-corrected chi connectivity index (χ0v) is 16.3. The van der Waals surface area contributed by atoms with Gasteiger partial charge in [0.1, 0.15) is 6.54 Å². The van der Waals surface area contributed by atoms with Crippen molar-refractivity contribution in [1.29, 1.82) is 0 Å². The number of hydrogen-bond donors (Lipinski definition) is 1. The van der Waals surface area contributed by atoms with E-state index in [0.717, 1.165) is 56.2 Å². The molecule has 1 saturated heterocycles. The number of likely N-dealkylation sites (tertiary alicyclic amines) is 1. The fourth-order valence-corrected chi connectivity index (χ4v) is 4.77. The molecule has 0 bridgehead atoms. The van der Waals surface area contributed by atoms with E-state index >= 15 is 0 Å². The van der Waals surface area contributed by atoms with Crippen LogP contribution < -0.4 is 0 Å². The summed E-state index contributed by atoms with van der Waals surface area (Å²) in [6.45, 7) is 5.25. The number of aliphatic hydroxyl groups is 1. The lowest BCUT2D eigenvalue weighted by Crippen LogP contribution is -2.47. The van der Waals surface area contributed by atoms with Gasteiger partial charge in [0.25, 0.3) is 0 Å². The molecule has 4 heteroatoms. The first-order valence-corrected chi connectivity index (χ1v) is 10.3. The molecular formula is C22H34NO3+. The fraction of sp³-hybridized carbons (Fsp3) is 0.682. The van der Waals surface area contributed by atoms with Crippen molar-refractivity contribution in [1.82, 2.24) is 0 Å². The van der Waals surface area contributed by atoms with Crippen LogP contribution in [0.2, 0.25) is 0 Å². The number of nitrogens with zero attached hydrogens (tertiary/aromatic N) is 1. The molecule has 0 aromatic heterocycles. The van der Waals surface area contributed by atoms with E-state index in [4.69, 9.17) is 4.74 Å². The summed E-state index contributed by atoms with van der Waals surface area (Å²) < 4.78 is 6.89. The first kappa shape index (κ1) is 19.4. The largest absolute Gasteiger partial charge is 0.454 e. The monoisotopic (exact) mass is 360 g/mol. The lowest BCUT2D eigenvalue weighted by molar-refractivity contribution is -0.899. The number of benzene rings is 1. The number of hydrogen-bond acceptors (Lipinski definition) is 3. The second-order valence-electron chi connectivity index (χ2n) is 8.53. The van der Waals surface area contributed by atoms with Crippen LogP contribution in [0.5, 0.6) is 0 Å². The Bertz CT molecular complexity index is 599. The van der Waals surface area contributed by atoms with E-state index in [1.807, 2.05) is 30.3 Å². The van der Waals surface area contributed by atoms with Crippen LogP contribution in [0, 0.1) is 5.92 Å².